The van der Waals surface area contributed by atoms with Crippen LogP contribution in [0.15, 0.2) is 24.3 Å². The number of rotatable bonds is 6. The van der Waals surface area contributed by atoms with Crippen molar-refractivity contribution in [1.82, 2.24) is 5.32 Å². The fourth-order valence-corrected chi connectivity index (χ4v) is 1.62. The normalized spacial score (nSPS) is 12.2. The first-order chi connectivity index (χ1) is 8.58. The molecule has 1 N–H and O–H groups in total. The molecule has 100 valence electrons. The minimum Gasteiger partial charge on any atom is -0.314 e. The number of amides is 1. The van der Waals surface area contributed by atoms with E-state index in [1.54, 1.807) is 4.90 Å². The SMILES string of the molecule is CCc1ccc(N(C)C(=O)CNC(C)CC)cc1. The fourth-order valence-electron chi connectivity index (χ4n) is 1.62. The van der Waals surface area contributed by atoms with Crippen molar-refractivity contribution in [2.75, 3.05) is 18.5 Å². The van der Waals surface area contributed by atoms with Gasteiger partial charge >= 0.3 is 0 Å². The predicted molar refractivity (Wildman–Crippen MR) is 77.0 cm³/mol. The Labute approximate surface area is 110 Å². The van der Waals surface area contributed by atoms with E-state index in [1.807, 2.05) is 19.2 Å². The van der Waals surface area contributed by atoms with Crippen LogP contribution in [0.4, 0.5) is 5.69 Å². The summed E-state index contributed by atoms with van der Waals surface area (Å²) >= 11 is 0. The summed E-state index contributed by atoms with van der Waals surface area (Å²) in [4.78, 5) is 13.7. The van der Waals surface area contributed by atoms with Gasteiger partial charge in [0.2, 0.25) is 5.91 Å². The lowest BCUT2D eigenvalue weighted by Gasteiger charge is -2.19. The summed E-state index contributed by atoms with van der Waals surface area (Å²) in [5, 5.41) is 3.21. The maximum absolute atomic E-state index is 12.0. The van der Waals surface area contributed by atoms with Crippen LogP contribution in [0, 0.1) is 0 Å². The highest BCUT2D eigenvalue weighted by atomic mass is 16.2. The number of anilines is 1. The lowest BCUT2D eigenvalue weighted by atomic mass is 10.1. The van der Waals surface area contributed by atoms with Crippen LogP contribution in [0.3, 0.4) is 0 Å². The molecular formula is C15H24N2O. The van der Waals surface area contributed by atoms with Gasteiger partial charge in [0, 0.05) is 18.8 Å². The van der Waals surface area contributed by atoms with Gasteiger partial charge in [-0.2, -0.15) is 0 Å². The molecule has 0 radical (unpaired) electrons. The fraction of sp³-hybridized carbons (Fsp3) is 0.533. The van der Waals surface area contributed by atoms with Gasteiger partial charge in [0.15, 0.2) is 0 Å². The molecule has 0 spiro atoms. The summed E-state index contributed by atoms with van der Waals surface area (Å²) in [7, 11) is 1.82. The first kappa shape index (κ1) is 14.7. The zero-order valence-corrected chi connectivity index (χ0v) is 11.9. The highest BCUT2D eigenvalue weighted by Gasteiger charge is 2.11. The number of hydrogen-bond donors (Lipinski definition) is 1. The molecule has 1 atom stereocenters. The van der Waals surface area contributed by atoms with Crippen LogP contribution in [-0.2, 0) is 11.2 Å². The molecular weight excluding hydrogens is 224 g/mol. The van der Waals surface area contributed by atoms with Crippen LogP contribution >= 0.6 is 0 Å². The summed E-state index contributed by atoms with van der Waals surface area (Å²) in [6.07, 6.45) is 2.05. The summed E-state index contributed by atoms with van der Waals surface area (Å²) in [6.45, 7) is 6.71. The van der Waals surface area contributed by atoms with Crippen molar-refractivity contribution >= 4 is 11.6 Å². The maximum Gasteiger partial charge on any atom is 0.240 e. The lowest BCUT2D eigenvalue weighted by Crippen LogP contribution is -2.38. The molecule has 0 fully saturated rings. The molecule has 0 saturated heterocycles. The van der Waals surface area contributed by atoms with E-state index in [-0.39, 0.29) is 5.91 Å². The zero-order valence-electron chi connectivity index (χ0n) is 11.9. The van der Waals surface area contributed by atoms with E-state index in [0.29, 0.717) is 12.6 Å². The molecule has 0 heterocycles. The van der Waals surface area contributed by atoms with E-state index in [0.717, 1.165) is 18.5 Å². The van der Waals surface area contributed by atoms with Crippen molar-refractivity contribution in [2.24, 2.45) is 0 Å². The topological polar surface area (TPSA) is 32.3 Å². The predicted octanol–water partition coefficient (Wildman–Crippen LogP) is 2.60. The van der Waals surface area contributed by atoms with Crippen LogP contribution in [0.2, 0.25) is 0 Å². The lowest BCUT2D eigenvalue weighted by molar-refractivity contribution is -0.117. The van der Waals surface area contributed by atoms with Gasteiger partial charge in [-0.05, 0) is 37.5 Å². The van der Waals surface area contributed by atoms with Gasteiger partial charge in [-0.3, -0.25) is 4.79 Å². The Morgan fingerprint density at radius 2 is 1.89 bits per heavy atom. The van der Waals surface area contributed by atoms with E-state index < -0.39 is 0 Å². The Hall–Kier alpha value is -1.35. The molecule has 0 aliphatic heterocycles. The molecule has 0 aliphatic carbocycles. The summed E-state index contributed by atoms with van der Waals surface area (Å²) in [6, 6.07) is 8.52. The Balaban J connectivity index is 2.56. The van der Waals surface area contributed by atoms with Crippen molar-refractivity contribution in [3.05, 3.63) is 29.8 Å². The van der Waals surface area contributed by atoms with Gasteiger partial charge in [0.25, 0.3) is 0 Å². The minimum atomic E-state index is 0.0968. The first-order valence-corrected chi connectivity index (χ1v) is 6.67. The van der Waals surface area contributed by atoms with Crippen LogP contribution in [0.5, 0.6) is 0 Å². The van der Waals surface area contributed by atoms with Gasteiger partial charge < -0.3 is 10.2 Å². The monoisotopic (exact) mass is 248 g/mol. The van der Waals surface area contributed by atoms with Crippen LogP contribution < -0.4 is 10.2 Å². The molecule has 0 aliphatic rings. The molecule has 3 nitrogen and oxygen atoms in total. The van der Waals surface area contributed by atoms with Crippen molar-refractivity contribution in [3.8, 4) is 0 Å². The number of carbonyl (C=O) groups is 1. The van der Waals surface area contributed by atoms with Gasteiger partial charge in [-0.25, -0.2) is 0 Å². The second-order valence-electron chi connectivity index (χ2n) is 4.66. The van der Waals surface area contributed by atoms with Crippen molar-refractivity contribution in [3.63, 3.8) is 0 Å². The molecule has 0 saturated carbocycles. The standard InChI is InChI=1S/C15H24N2O/c1-5-12(3)16-11-15(18)17(4)14-9-7-13(6-2)8-10-14/h7-10,12,16H,5-6,11H2,1-4H3. The third-order valence-electron chi connectivity index (χ3n) is 3.32. The molecule has 0 aromatic heterocycles. The summed E-state index contributed by atoms with van der Waals surface area (Å²) in [5.74, 6) is 0.0968. The number of aryl methyl sites for hydroxylation is 1. The Morgan fingerprint density at radius 3 is 2.39 bits per heavy atom. The van der Waals surface area contributed by atoms with E-state index in [9.17, 15) is 4.79 Å². The molecule has 18 heavy (non-hydrogen) atoms. The summed E-state index contributed by atoms with van der Waals surface area (Å²) in [5.41, 5.74) is 2.24. The minimum absolute atomic E-state index is 0.0968. The third-order valence-corrected chi connectivity index (χ3v) is 3.32. The van der Waals surface area contributed by atoms with E-state index in [1.165, 1.54) is 5.56 Å². The molecule has 1 rings (SSSR count). The van der Waals surface area contributed by atoms with Crippen molar-refractivity contribution in [1.29, 1.82) is 0 Å². The second kappa shape index (κ2) is 7.17. The average molecular weight is 248 g/mol. The van der Waals surface area contributed by atoms with E-state index in [2.05, 4.69) is 38.2 Å². The number of likely N-dealkylation sites (N-methyl/N-ethyl adjacent to an activating group) is 1. The molecule has 1 aromatic carbocycles. The summed E-state index contributed by atoms with van der Waals surface area (Å²) < 4.78 is 0. The highest BCUT2D eigenvalue weighted by Crippen LogP contribution is 2.14. The molecule has 1 unspecified atom stereocenters. The number of nitrogens with zero attached hydrogens (tertiary/aromatic N) is 1. The van der Waals surface area contributed by atoms with Gasteiger partial charge in [0.05, 0.1) is 6.54 Å². The second-order valence-corrected chi connectivity index (χ2v) is 4.66. The van der Waals surface area contributed by atoms with Crippen molar-refractivity contribution < 1.29 is 4.79 Å². The van der Waals surface area contributed by atoms with E-state index >= 15 is 0 Å². The molecule has 1 amide bonds. The van der Waals surface area contributed by atoms with Gasteiger partial charge in [-0.15, -0.1) is 0 Å². The Morgan fingerprint density at radius 1 is 1.28 bits per heavy atom. The largest absolute Gasteiger partial charge is 0.314 e. The highest BCUT2D eigenvalue weighted by molar-refractivity contribution is 5.94. The number of benzene rings is 1. The van der Waals surface area contributed by atoms with Gasteiger partial charge in [-0.1, -0.05) is 26.0 Å². The van der Waals surface area contributed by atoms with Crippen molar-refractivity contribution in [2.45, 2.75) is 39.7 Å². The first-order valence-electron chi connectivity index (χ1n) is 6.67. The average Bonchev–Trinajstić information content (AvgIpc) is 2.43. The van der Waals surface area contributed by atoms with Crippen LogP contribution in [-0.4, -0.2) is 25.5 Å². The maximum atomic E-state index is 12.0. The smallest absolute Gasteiger partial charge is 0.240 e. The quantitative estimate of drug-likeness (QED) is 0.839. The zero-order chi connectivity index (χ0) is 13.5. The molecule has 3 heteroatoms. The number of carbonyl (C=O) groups excluding carboxylic acids is 1. The third kappa shape index (κ3) is 4.15. The number of nitrogens with one attached hydrogen (secondary N) is 1. The van der Waals surface area contributed by atoms with Crippen LogP contribution in [0.25, 0.3) is 0 Å². The Kier molecular flexibility index (Phi) is 5.86. The van der Waals surface area contributed by atoms with E-state index in [4.69, 9.17) is 0 Å². The number of hydrogen-bond acceptors (Lipinski definition) is 2. The van der Waals surface area contributed by atoms with Gasteiger partial charge in [0.1, 0.15) is 0 Å². The molecule has 1 aromatic rings. The van der Waals surface area contributed by atoms with Crippen LogP contribution in [0.1, 0.15) is 32.8 Å². The molecule has 0 bridgehead atoms. The Bertz CT molecular complexity index is 373.